The molecule has 0 saturated carbocycles. The first-order valence-electron chi connectivity index (χ1n) is 9.00. The summed E-state index contributed by atoms with van der Waals surface area (Å²) in [4.78, 5) is 29.6. The van der Waals surface area contributed by atoms with Gasteiger partial charge in [-0.1, -0.05) is 12.1 Å². The third-order valence-corrected chi connectivity index (χ3v) is 5.93. The topological polar surface area (TPSA) is 99.3 Å². The number of hydrogen-bond donors (Lipinski definition) is 2. The number of aromatic nitrogens is 1. The lowest BCUT2D eigenvalue weighted by Gasteiger charge is -2.18. The van der Waals surface area contributed by atoms with Crippen LogP contribution in [0.1, 0.15) is 24.2 Å². The summed E-state index contributed by atoms with van der Waals surface area (Å²) in [5.41, 5.74) is -0.459. The van der Waals surface area contributed by atoms with Gasteiger partial charge in [-0.05, 0) is 44.2 Å². The number of rotatable bonds is 6. The van der Waals surface area contributed by atoms with Crippen LogP contribution in [0.4, 0.5) is 10.1 Å². The molecule has 3 rings (SSSR count). The van der Waals surface area contributed by atoms with Gasteiger partial charge in [-0.25, -0.2) is 12.8 Å². The summed E-state index contributed by atoms with van der Waals surface area (Å²) in [6.07, 6.45) is 1.33. The number of anilines is 1. The first-order chi connectivity index (χ1) is 13.8. The second-order valence-corrected chi connectivity index (χ2v) is 7.98. The Balaban J connectivity index is 2.07. The number of hydrogen-bond acceptors (Lipinski definition) is 4. The van der Waals surface area contributed by atoms with Gasteiger partial charge in [-0.3, -0.25) is 14.3 Å². The monoisotopic (exact) mass is 417 g/mol. The number of halogens is 1. The van der Waals surface area contributed by atoms with Crippen LogP contribution in [0.25, 0.3) is 10.9 Å². The van der Waals surface area contributed by atoms with Crippen molar-refractivity contribution >= 4 is 32.5 Å². The molecule has 7 nitrogen and oxygen atoms in total. The second kappa shape index (κ2) is 8.04. The number of sulfonamides is 1. The third kappa shape index (κ3) is 4.00. The Bertz CT molecular complexity index is 1230. The fourth-order valence-corrected chi connectivity index (χ4v) is 4.05. The minimum atomic E-state index is -4.14. The molecule has 0 bridgehead atoms. The number of para-hydroxylation sites is 1. The SMILES string of the molecule is CCN(CC)C(=O)c1c[nH]c2ccc(S(=O)(=O)Nc3ccccc3F)cc2c1=O. The van der Waals surface area contributed by atoms with E-state index in [-0.39, 0.29) is 21.5 Å². The van der Waals surface area contributed by atoms with Crippen LogP contribution < -0.4 is 10.2 Å². The largest absolute Gasteiger partial charge is 0.360 e. The molecule has 3 aromatic rings. The van der Waals surface area contributed by atoms with Crippen molar-refractivity contribution in [3.8, 4) is 0 Å². The molecule has 0 radical (unpaired) electrons. The molecule has 0 fully saturated rings. The first kappa shape index (κ1) is 20.5. The van der Waals surface area contributed by atoms with Crippen molar-refractivity contribution < 1.29 is 17.6 Å². The van der Waals surface area contributed by atoms with E-state index in [1.165, 1.54) is 47.5 Å². The molecule has 152 valence electrons. The number of nitrogens with one attached hydrogen (secondary N) is 2. The maximum Gasteiger partial charge on any atom is 0.262 e. The van der Waals surface area contributed by atoms with Gasteiger partial charge in [0.05, 0.1) is 10.6 Å². The van der Waals surface area contributed by atoms with Gasteiger partial charge in [0, 0.05) is 30.2 Å². The van der Waals surface area contributed by atoms with E-state index in [0.29, 0.717) is 18.6 Å². The minimum Gasteiger partial charge on any atom is -0.360 e. The Morgan fingerprint density at radius 2 is 1.83 bits per heavy atom. The maximum absolute atomic E-state index is 13.8. The fourth-order valence-electron chi connectivity index (χ4n) is 2.95. The van der Waals surface area contributed by atoms with Crippen LogP contribution in [-0.2, 0) is 10.0 Å². The van der Waals surface area contributed by atoms with Crippen molar-refractivity contribution in [2.24, 2.45) is 0 Å². The molecule has 29 heavy (non-hydrogen) atoms. The van der Waals surface area contributed by atoms with E-state index >= 15 is 0 Å². The normalized spacial score (nSPS) is 11.4. The molecule has 0 atom stereocenters. The van der Waals surface area contributed by atoms with Gasteiger partial charge in [-0.15, -0.1) is 0 Å². The summed E-state index contributed by atoms with van der Waals surface area (Å²) in [7, 11) is -4.14. The van der Waals surface area contributed by atoms with E-state index < -0.39 is 27.2 Å². The highest BCUT2D eigenvalue weighted by molar-refractivity contribution is 7.92. The van der Waals surface area contributed by atoms with E-state index in [1.54, 1.807) is 13.8 Å². The van der Waals surface area contributed by atoms with E-state index in [2.05, 4.69) is 9.71 Å². The predicted octanol–water partition coefficient (Wildman–Crippen LogP) is 2.95. The standard InChI is InChI=1S/C20H20FN3O4S/c1-3-24(4-2)20(26)15-12-22-17-10-9-13(11-14(17)19(15)25)29(27,28)23-18-8-6-5-7-16(18)21/h5-12,23H,3-4H2,1-2H3,(H,22,25). The Labute approximate surface area is 167 Å². The van der Waals surface area contributed by atoms with Crippen LogP contribution in [0.2, 0.25) is 0 Å². The summed E-state index contributed by atoms with van der Waals surface area (Å²) >= 11 is 0. The molecule has 0 spiro atoms. The number of pyridine rings is 1. The predicted molar refractivity (Wildman–Crippen MR) is 109 cm³/mol. The lowest BCUT2D eigenvalue weighted by molar-refractivity contribution is 0.0771. The highest BCUT2D eigenvalue weighted by Gasteiger charge is 2.21. The highest BCUT2D eigenvalue weighted by atomic mass is 32.2. The smallest absolute Gasteiger partial charge is 0.262 e. The summed E-state index contributed by atoms with van der Waals surface area (Å²) in [5.74, 6) is -1.15. The fraction of sp³-hybridized carbons (Fsp3) is 0.200. The van der Waals surface area contributed by atoms with Crippen LogP contribution in [0, 0.1) is 5.82 Å². The average molecular weight is 417 g/mol. The number of benzene rings is 2. The van der Waals surface area contributed by atoms with Crippen LogP contribution in [0.5, 0.6) is 0 Å². The highest BCUT2D eigenvalue weighted by Crippen LogP contribution is 2.21. The quantitative estimate of drug-likeness (QED) is 0.644. The third-order valence-electron chi connectivity index (χ3n) is 4.56. The number of carbonyl (C=O) groups is 1. The van der Waals surface area contributed by atoms with Gasteiger partial charge >= 0.3 is 0 Å². The minimum absolute atomic E-state index is 0.0550. The summed E-state index contributed by atoms with van der Waals surface area (Å²) < 4.78 is 41.3. The lowest BCUT2D eigenvalue weighted by Crippen LogP contribution is -2.34. The van der Waals surface area contributed by atoms with Crippen molar-refractivity contribution in [3.05, 3.63) is 70.3 Å². The number of carbonyl (C=O) groups excluding carboxylic acids is 1. The zero-order valence-electron chi connectivity index (χ0n) is 15.9. The van der Waals surface area contributed by atoms with Crippen molar-refractivity contribution in [1.82, 2.24) is 9.88 Å². The Hall–Kier alpha value is -3.20. The summed E-state index contributed by atoms with van der Waals surface area (Å²) in [6, 6.07) is 9.27. The van der Waals surface area contributed by atoms with Crippen molar-refractivity contribution in [2.45, 2.75) is 18.7 Å². The molecule has 9 heteroatoms. The van der Waals surface area contributed by atoms with E-state index in [1.807, 2.05) is 0 Å². The molecule has 0 saturated heterocycles. The number of amides is 1. The van der Waals surface area contributed by atoms with E-state index in [0.717, 1.165) is 6.07 Å². The molecule has 0 unspecified atom stereocenters. The summed E-state index contributed by atoms with van der Waals surface area (Å²) in [6.45, 7) is 4.48. The number of nitrogens with zero attached hydrogens (tertiary/aromatic N) is 1. The van der Waals surface area contributed by atoms with Gasteiger partial charge in [0.2, 0.25) is 5.43 Å². The average Bonchev–Trinajstić information content (AvgIpc) is 2.70. The van der Waals surface area contributed by atoms with Gasteiger partial charge in [-0.2, -0.15) is 0 Å². The molecule has 2 aromatic carbocycles. The molecule has 1 amide bonds. The zero-order chi connectivity index (χ0) is 21.2. The summed E-state index contributed by atoms with van der Waals surface area (Å²) in [5, 5.41) is 0.0550. The molecule has 0 aliphatic rings. The first-order valence-corrected chi connectivity index (χ1v) is 10.5. The van der Waals surface area contributed by atoms with Crippen LogP contribution in [0.3, 0.4) is 0 Å². The molecule has 0 aliphatic heterocycles. The molecule has 1 aromatic heterocycles. The van der Waals surface area contributed by atoms with Gasteiger partial charge < -0.3 is 9.88 Å². The molecular formula is C20H20FN3O4S. The van der Waals surface area contributed by atoms with Gasteiger partial charge in [0.1, 0.15) is 11.4 Å². The van der Waals surface area contributed by atoms with Crippen molar-refractivity contribution in [2.75, 3.05) is 17.8 Å². The molecule has 1 heterocycles. The zero-order valence-corrected chi connectivity index (χ0v) is 16.7. The second-order valence-electron chi connectivity index (χ2n) is 6.30. The maximum atomic E-state index is 13.8. The van der Waals surface area contributed by atoms with Crippen molar-refractivity contribution in [3.63, 3.8) is 0 Å². The molecular weight excluding hydrogens is 397 g/mol. The number of fused-ring (bicyclic) bond motifs is 1. The molecule has 0 aliphatic carbocycles. The number of aromatic amines is 1. The van der Waals surface area contributed by atoms with E-state index in [9.17, 15) is 22.4 Å². The molecule has 2 N–H and O–H groups in total. The Morgan fingerprint density at radius 3 is 2.48 bits per heavy atom. The van der Waals surface area contributed by atoms with Crippen molar-refractivity contribution in [1.29, 1.82) is 0 Å². The van der Waals surface area contributed by atoms with Crippen LogP contribution >= 0.6 is 0 Å². The van der Waals surface area contributed by atoms with Gasteiger partial charge in [0.15, 0.2) is 0 Å². The van der Waals surface area contributed by atoms with Gasteiger partial charge in [0.25, 0.3) is 15.9 Å². The Kier molecular flexibility index (Phi) is 5.69. The van der Waals surface area contributed by atoms with Crippen LogP contribution in [0.15, 0.2) is 58.4 Å². The number of H-pyrrole nitrogens is 1. The van der Waals surface area contributed by atoms with Crippen LogP contribution in [-0.4, -0.2) is 37.3 Å². The van der Waals surface area contributed by atoms with E-state index in [4.69, 9.17) is 0 Å². The lowest BCUT2D eigenvalue weighted by atomic mass is 10.1. The Morgan fingerprint density at radius 1 is 1.14 bits per heavy atom.